The van der Waals surface area contributed by atoms with Crippen molar-refractivity contribution in [3.8, 4) is 44.5 Å². The van der Waals surface area contributed by atoms with Crippen LogP contribution in [0.25, 0.3) is 83.5 Å². The van der Waals surface area contributed by atoms with Gasteiger partial charge in [-0.2, -0.15) is 0 Å². The molecule has 11 rings (SSSR count). The normalized spacial score (nSPS) is 12.3. The van der Waals surface area contributed by atoms with Crippen LogP contribution in [0, 0.1) is 0 Å². The SMILES string of the molecule is C1=CCc2oc3cc(-c4ccc(N(c5ccc(-c6ccc(-c7ccccc7)cc6)cc5)c5ccc(-c6ccc7c(c6)oc6ccccc67)cc5)cc4)ccc3c2C=C1. The molecule has 10 aromatic rings. The van der Waals surface area contributed by atoms with Gasteiger partial charge in [-0.3, -0.25) is 0 Å². The van der Waals surface area contributed by atoms with E-state index in [4.69, 9.17) is 8.83 Å². The Morgan fingerprint density at radius 2 is 0.793 bits per heavy atom. The molecule has 0 N–H and O–H groups in total. The Bertz CT molecular complexity index is 3150. The van der Waals surface area contributed by atoms with Crippen molar-refractivity contribution >= 4 is 56.0 Å². The number of allylic oxidation sites excluding steroid dienone is 3. The molecule has 0 atom stereocenters. The molecule has 274 valence electrons. The molecule has 2 heterocycles. The van der Waals surface area contributed by atoms with Gasteiger partial charge in [0.15, 0.2) is 0 Å². The standard InChI is InChI=1S/C55H37NO2/c1-3-9-37(10-4-1)38-15-17-39(18-16-38)40-19-27-45(28-20-40)56(47-31-23-42(24-32-47)44-26-34-51-49-12-7-8-14-53(49)58-55(51)36-44)46-29-21-41(22-30-46)43-25-33-50-48-11-5-2-6-13-52(48)57-54(50)35-43/h1-12,14-36H,13H2. The van der Waals surface area contributed by atoms with Gasteiger partial charge in [-0.05, 0) is 111 Å². The van der Waals surface area contributed by atoms with E-state index in [1.807, 2.05) is 12.1 Å². The first kappa shape index (κ1) is 33.7. The zero-order chi connectivity index (χ0) is 38.4. The number of fused-ring (bicyclic) bond motifs is 6. The molecular weight excluding hydrogens is 707 g/mol. The minimum absolute atomic E-state index is 0.801. The lowest BCUT2D eigenvalue weighted by molar-refractivity contribution is 0.564. The summed E-state index contributed by atoms with van der Waals surface area (Å²) in [6.07, 6.45) is 9.26. The van der Waals surface area contributed by atoms with Gasteiger partial charge in [0.1, 0.15) is 22.5 Å². The van der Waals surface area contributed by atoms with Gasteiger partial charge < -0.3 is 13.7 Å². The van der Waals surface area contributed by atoms with Crippen LogP contribution >= 0.6 is 0 Å². The number of benzene rings is 8. The van der Waals surface area contributed by atoms with Crippen LogP contribution in [0.3, 0.4) is 0 Å². The zero-order valence-electron chi connectivity index (χ0n) is 31.7. The average Bonchev–Trinajstić information content (AvgIpc) is 3.75. The molecule has 1 aliphatic rings. The van der Waals surface area contributed by atoms with E-state index in [0.717, 1.165) is 84.4 Å². The maximum absolute atomic E-state index is 6.34. The van der Waals surface area contributed by atoms with Crippen LogP contribution in [0.5, 0.6) is 0 Å². The van der Waals surface area contributed by atoms with Gasteiger partial charge >= 0.3 is 0 Å². The molecule has 0 radical (unpaired) electrons. The molecule has 0 fully saturated rings. The first-order chi connectivity index (χ1) is 28.7. The van der Waals surface area contributed by atoms with Crippen molar-refractivity contribution in [3.63, 3.8) is 0 Å². The highest BCUT2D eigenvalue weighted by Crippen LogP contribution is 2.40. The summed E-state index contributed by atoms with van der Waals surface area (Å²) in [5.41, 5.74) is 16.4. The molecule has 3 heteroatoms. The van der Waals surface area contributed by atoms with Crippen molar-refractivity contribution in [1.29, 1.82) is 0 Å². The van der Waals surface area contributed by atoms with Crippen molar-refractivity contribution < 1.29 is 8.83 Å². The highest BCUT2D eigenvalue weighted by Gasteiger charge is 2.17. The molecule has 0 bridgehead atoms. The fourth-order valence-electron chi connectivity index (χ4n) is 8.33. The summed E-state index contributed by atoms with van der Waals surface area (Å²) in [5.74, 6) is 1.01. The van der Waals surface area contributed by atoms with E-state index in [2.05, 4.69) is 205 Å². The van der Waals surface area contributed by atoms with E-state index in [0.29, 0.717) is 0 Å². The van der Waals surface area contributed by atoms with Gasteiger partial charge in [-0.1, -0.05) is 146 Å². The minimum atomic E-state index is 0.801. The Hall–Kier alpha value is -7.62. The highest BCUT2D eigenvalue weighted by atomic mass is 16.3. The van der Waals surface area contributed by atoms with Gasteiger partial charge in [0.2, 0.25) is 0 Å². The molecule has 0 saturated heterocycles. The Balaban J connectivity index is 0.933. The number of para-hydroxylation sites is 1. The largest absolute Gasteiger partial charge is 0.460 e. The molecule has 0 unspecified atom stereocenters. The number of rotatable bonds is 7. The monoisotopic (exact) mass is 743 g/mol. The van der Waals surface area contributed by atoms with Gasteiger partial charge in [0, 0.05) is 45.2 Å². The zero-order valence-corrected chi connectivity index (χ0v) is 31.7. The van der Waals surface area contributed by atoms with Gasteiger partial charge in [0.05, 0.1) is 0 Å². The van der Waals surface area contributed by atoms with Crippen LogP contribution in [0.2, 0.25) is 0 Å². The molecule has 0 amide bonds. The highest BCUT2D eigenvalue weighted by molar-refractivity contribution is 6.06. The van der Waals surface area contributed by atoms with Crippen molar-refractivity contribution in [3.05, 3.63) is 218 Å². The molecule has 0 spiro atoms. The summed E-state index contributed by atoms with van der Waals surface area (Å²) in [4.78, 5) is 2.32. The predicted molar refractivity (Wildman–Crippen MR) is 242 cm³/mol. The molecule has 58 heavy (non-hydrogen) atoms. The fraction of sp³-hybridized carbons (Fsp3) is 0.0182. The Morgan fingerprint density at radius 3 is 1.40 bits per heavy atom. The second kappa shape index (κ2) is 14.1. The number of nitrogens with zero attached hydrogens (tertiary/aromatic N) is 1. The van der Waals surface area contributed by atoms with Gasteiger partial charge in [0.25, 0.3) is 0 Å². The van der Waals surface area contributed by atoms with Gasteiger partial charge in [-0.25, -0.2) is 0 Å². The predicted octanol–water partition coefficient (Wildman–Crippen LogP) is 15.6. The second-order valence-corrected chi connectivity index (χ2v) is 14.9. The lowest BCUT2D eigenvalue weighted by atomic mass is 9.99. The maximum Gasteiger partial charge on any atom is 0.136 e. The van der Waals surface area contributed by atoms with Crippen LogP contribution in [0.1, 0.15) is 11.3 Å². The van der Waals surface area contributed by atoms with Crippen molar-refractivity contribution in [2.75, 3.05) is 4.90 Å². The average molecular weight is 744 g/mol. The number of anilines is 3. The summed E-state index contributed by atoms with van der Waals surface area (Å²) < 4.78 is 12.6. The first-order valence-electron chi connectivity index (χ1n) is 19.8. The van der Waals surface area contributed by atoms with Crippen LogP contribution in [0.4, 0.5) is 17.1 Å². The molecule has 0 aliphatic heterocycles. The van der Waals surface area contributed by atoms with Crippen LogP contribution in [-0.2, 0) is 6.42 Å². The summed E-state index contributed by atoms with van der Waals surface area (Å²) in [6.45, 7) is 0. The third-order valence-corrected chi connectivity index (χ3v) is 11.4. The fourth-order valence-corrected chi connectivity index (χ4v) is 8.33. The van der Waals surface area contributed by atoms with Gasteiger partial charge in [-0.15, -0.1) is 0 Å². The summed E-state index contributed by atoms with van der Waals surface area (Å²) in [5, 5.41) is 3.43. The van der Waals surface area contributed by atoms with E-state index in [1.54, 1.807) is 0 Å². The maximum atomic E-state index is 6.34. The summed E-state index contributed by atoms with van der Waals surface area (Å²) in [6, 6.07) is 67.2. The van der Waals surface area contributed by atoms with E-state index < -0.39 is 0 Å². The Morgan fingerprint density at radius 1 is 0.345 bits per heavy atom. The van der Waals surface area contributed by atoms with E-state index in [9.17, 15) is 0 Å². The van der Waals surface area contributed by atoms with E-state index in [-0.39, 0.29) is 0 Å². The first-order valence-corrected chi connectivity index (χ1v) is 19.8. The molecule has 3 nitrogen and oxygen atoms in total. The molecule has 2 aromatic heterocycles. The smallest absolute Gasteiger partial charge is 0.136 e. The lowest BCUT2D eigenvalue weighted by Crippen LogP contribution is -2.09. The van der Waals surface area contributed by atoms with Crippen LogP contribution in [-0.4, -0.2) is 0 Å². The van der Waals surface area contributed by atoms with Crippen LogP contribution < -0.4 is 4.90 Å². The molecule has 1 aliphatic carbocycles. The lowest BCUT2D eigenvalue weighted by Gasteiger charge is -2.26. The minimum Gasteiger partial charge on any atom is -0.460 e. The number of hydrogen-bond donors (Lipinski definition) is 0. The van der Waals surface area contributed by atoms with Crippen molar-refractivity contribution in [2.24, 2.45) is 0 Å². The van der Waals surface area contributed by atoms with E-state index >= 15 is 0 Å². The van der Waals surface area contributed by atoms with Crippen LogP contribution in [0.15, 0.2) is 215 Å². The second-order valence-electron chi connectivity index (χ2n) is 14.9. The number of furan rings is 2. The summed E-state index contributed by atoms with van der Waals surface area (Å²) in [7, 11) is 0. The Labute approximate surface area is 337 Å². The quantitative estimate of drug-likeness (QED) is 0.163. The number of hydrogen-bond acceptors (Lipinski definition) is 3. The third kappa shape index (κ3) is 6.10. The molecule has 8 aromatic carbocycles. The summed E-state index contributed by atoms with van der Waals surface area (Å²) >= 11 is 0. The third-order valence-electron chi connectivity index (χ3n) is 11.4. The van der Waals surface area contributed by atoms with Crippen molar-refractivity contribution in [1.82, 2.24) is 0 Å². The Kier molecular flexibility index (Phi) is 8.22. The topological polar surface area (TPSA) is 29.5 Å². The molecule has 0 saturated carbocycles. The van der Waals surface area contributed by atoms with E-state index in [1.165, 1.54) is 27.8 Å². The molecular formula is C55H37NO2. The van der Waals surface area contributed by atoms with Crippen molar-refractivity contribution in [2.45, 2.75) is 6.42 Å².